The molecular formula is C59H63N. The maximum absolute atomic E-state index is 7.27. The van der Waals surface area contributed by atoms with Crippen LogP contribution in [0, 0.1) is 40.9 Å². The van der Waals surface area contributed by atoms with Crippen molar-refractivity contribution < 1.29 is 0 Å². The Morgan fingerprint density at radius 3 is 2.33 bits per heavy atom. The lowest BCUT2D eigenvalue weighted by Crippen LogP contribution is -2.35. The SMILES string of the molecule is CC=CCC(N)C1Cc2cc(C3C=CC=CCCC3)cc3c2C(C1)c1c-3c(-c2ccccc2)c2c(c1-c1ccccc1)C1C=CCC3C4C=C(C(C)(C)C)C=CC4C(C2)C13. The zero-order chi connectivity index (χ0) is 40.7. The molecule has 0 bridgehead atoms. The van der Waals surface area contributed by atoms with E-state index in [1.54, 1.807) is 33.4 Å². The molecule has 0 aromatic heterocycles. The van der Waals surface area contributed by atoms with Gasteiger partial charge in [-0.25, -0.2) is 0 Å². The van der Waals surface area contributed by atoms with Gasteiger partial charge in [-0.2, -0.15) is 0 Å². The molecule has 11 rings (SSSR count). The summed E-state index contributed by atoms with van der Waals surface area (Å²) >= 11 is 0. The number of hydrogen-bond acceptors (Lipinski definition) is 1. The number of fused-ring (bicyclic) bond motifs is 8. The van der Waals surface area contributed by atoms with Crippen LogP contribution in [-0.4, -0.2) is 6.04 Å². The lowest BCUT2D eigenvalue weighted by molar-refractivity contribution is 0.241. The Hall–Kier alpha value is -4.72. The fraction of sp³-hybridized carbons (Fsp3) is 0.390. The first-order valence-electron chi connectivity index (χ1n) is 23.6. The summed E-state index contributed by atoms with van der Waals surface area (Å²) in [6.07, 6.45) is 36.1. The van der Waals surface area contributed by atoms with Gasteiger partial charge in [0.05, 0.1) is 0 Å². The topological polar surface area (TPSA) is 26.0 Å². The minimum absolute atomic E-state index is 0.132. The van der Waals surface area contributed by atoms with Crippen LogP contribution < -0.4 is 5.73 Å². The average Bonchev–Trinajstić information content (AvgIpc) is 3.75. The highest BCUT2D eigenvalue weighted by molar-refractivity contribution is 6.00. The van der Waals surface area contributed by atoms with Crippen molar-refractivity contribution >= 4 is 0 Å². The maximum Gasteiger partial charge on any atom is 0.0114 e. The van der Waals surface area contributed by atoms with Crippen molar-refractivity contribution in [3.63, 3.8) is 0 Å². The van der Waals surface area contributed by atoms with Gasteiger partial charge >= 0.3 is 0 Å². The summed E-state index contributed by atoms with van der Waals surface area (Å²) in [4.78, 5) is 0. The smallest absolute Gasteiger partial charge is 0.0114 e. The van der Waals surface area contributed by atoms with Gasteiger partial charge in [-0.05, 0) is 172 Å². The van der Waals surface area contributed by atoms with Crippen molar-refractivity contribution in [1.29, 1.82) is 0 Å². The third kappa shape index (κ3) is 6.12. The summed E-state index contributed by atoms with van der Waals surface area (Å²) in [5.41, 5.74) is 27.4. The van der Waals surface area contributed by atoms with Crippen molar-refractivity contribution in [3.8, 4) is 33.4 Å². The van der Waals surface area contributed by atoms with Gasteiger partial charge in [-0.15, -0.1) is 0 Å². The number of nitrogens with two attached hydrogens (primary N) is 1. The van der Waals surface area contributed by atoms with Gasteiger partial charge in [0.2, 0.25) is 0 Å². The van der Waals surface area contributed by atoms with E-state index in [-0.39, 0.29) is 11.5 Å². The second-order valence-corrected chi connectivity index (χ2v) is 20.6. The summed E-state index contributed by atoms with van der Waals surface area (Å²) in [6, 6.07) is 28.7. The van der Waals surface area contributed by atoms with E-state index in [2.05, 4.69) is 167 Å². The molecule has 0 aliphatic heterocycles. The van der Waals surface area contributed by atoms with Gasteiger partial charge in [0.25, 0.3) is 0 Å². The number of benzene rings is 4. The zero-order valence-corrected chi connectivity index (χ0v) is 36.3. The molecule has 0 amide bonds. The van der Waals surface area contributed by atoms with E-state index in [0.29, 0.717) is 53.3 Å². The highest BCUT2D eigenvalue weighted by Gasteiger charge is 2.56. The van der Waals surface area contributed by atoms with E-state index in [1.807, 2.05) is 0 Å². The highest BCUT2D eigenvalue weighted by atomic mass is 14.7. The van der Waals surface area contributed by atoms with E-state index in [9.17, 15) is 0 Å². The van der Waals surface area contributed by atoms with E-state index in [4.69, 9.17) is 5.73 Å². The second-order valence-electron chi connectivity index (χ2n) is 20.6. The molecule has 304 valence electrons. The zero-order valence-electron chi connectivity index (χ0n) is 36.3. The predicted molar refractivity (Wildman–Crippen MR) is 253 cm³/mol. The van der Waals surface area contributed by atoms with Gasteiger partial charge in [0.1, 0.15) is 0 Å². The first-order valence-corrected chi connectivity index (χ1v) is 23.6. The van der Waals surface area contributed by atoms with Gasteiger partial charge < -0.3 is 5.73 Å². The molecule has 10 unspecified atom stereocenters. The molecule has 1 nitrogen and oxygen atoms in total. The highest BCUT2D eigenvalue weighted by Crippen LogP contribution is 2.67. The summed E-state index contributed by atoms with van der Waals surface area (Å²) in [6.45, 7) is 9.32. The van der Waals surface area contributed by atoms with Crippen LogP contribution in [0.2, 0.25) is 0 Å². The summed E-state index contributed by atoms with van der Waals surface area (Å²) in [5.74, 6) is 4.66. The molecule has 0 spiro atoms. The van der Waals surface area contributed by atoms with Crippen LogP contribution in [-0.2, 0) is 12.8 Å². The fourth-order valence-corrected chi connectivity index (χ4v) is 13.7. The molecule has 4 aromatic carbocycles. The van der Waals surface area contributed by atoms with Gasteiger partial charge in [-0.1, -0.05) is 160 Å². The molecule has 60 heavy (non-hydrogen) atoms. The molecule has 7 aliphatic rings. The van der Waals surface area contributed by atoms with Crippen molar-refractivity contribution in [2.45, 2.75) is 103 Å². The van der Waals surface area contributed by atoms with Crippen LogP contribution in [0.5, 0.6) is 0 Å². The lowest BCUT2D eigenvalue weighted by atomic mass is 9.60. The van der Waals surface area contributed by atoms with Crippen molar-refractivity contribution in [2.24, 2.45) is 46.7 Å². The molecule has 10 atom stereocenters. The molecular weight excluding hydrogens is 723 g/mol. The normalized spacial score (nSPS) is 29.9. The first-order chi connectivity index (χ1) is 29.3. The Morgan fingerprint density at radius 2 is 1.57 bits per heavy atom. The lowest BCUT2D eigenvalue weighted by Gasteiger charge is -2.43. The summed E-state index contributed by atoms with van der Waals surface area (Å²) in [5, 5.41) is 0. The van der Waals surface area contributed by atoms with E-state index in [1.165, 1.54) is 58.2 Å². The molecule has 0 saturated heterocycles. The molecule has 1 heteroatoms. The van der Waals surface area contributed by atoms with Crippen LogP contribution in [0.25, 0.3) is 33.4 Å². The monoisotopic (exact) mass is 785 g/mol. The minimum atomic E-state index is 0.132. The largest absolute Gasteiger partial charge is 0.327 e. The number of rotatable bonds is 6. The van der Waals surface area contributed by atoms with Crippen LogP contribution in [0.3, 0.4) is 0 Å². The third-order valence-electron chi connectivity index (χ3n) is 16.3. The van der Waals surface area contributed by atoms with Crippen LogP contribution in [0.15, 0.2) is 145 Å². The van der Waals surface area contributed by atoms with Crippen LogP contribution in [0.4, 0.5) is 0 Å². The van der Waals surface area contributed by atoms with E-state index in [0.717, 1.165) is 32.1 Å². The fourth-order valence-electron chi connectivity index (χ4n) is 13.7. The summed E-state index contributed by atoms with van der Waals surface area (Å²) < 4.78 is 0. The third-order valence-corrected chi connectivity index (χ3v) is 16.3. The molecule has 2 N–H and O–H groups in total. The van der Waals surface area contributed by atoms with Crippen molar-refractivity contribution in [2.75, 3.05) is 0 Å². The standard InChI is InChI=1S/C59H63N/c1-5-6-27-51(60)40-31-41-30-39(36-19-12-8-7-9-13-20-36)32-48-52(41)49(33-40)58-54(38-23-16-11-17-24-38)56-45-26-18-25-44-46-34-42(59(2,3)4)28-29-43(46)47(55(44)45)35-50(56)53(57(48)58)37-21-14-10-15-22-37/h5-8,10-12,14-19,21-24,26,28-30,32,34,36,40,43-47,49,51,55H,9,13,20,25,27,31,33,35,60H2,1-4H3. The predicted octanol–water partition coefficient (Wildman–Crippen LogP) is 14.6. The maximum atomic E-state index is 7.27. The van der Waals surface area contributed by atoms with Crippen LogP contribution in [0.1, 0.15) is 117 Å². The van der Waals surface area contributed by atoms with Gasteiger partial charge in [-0.3, -0.25) is 0 Å². The van der Waals surface area contributed by atoms with E-state index >= 15 is 0 Å². The molecule has 1 fully saturated rings. The van der Waals surface area contributed by atoms with Gasteiger partial charge in [0, 0.05) is 23.8 Å². The number of hydrogen-bond donors (Lipinski definition) is 1. The summed E-state index contributed by atoms with van der Waals surface area (Å²) in [7, 11) is 0. The molecule has 0 radical (unpaired) electrons. The Morgan fingerprint density at radius 1 is 0.783 bits per heavy atom. The molecule has 7 aliphatic carbocycles. The van der Waals surface area contributed by atoms with Crippen LogP contribution >= 0.6 is 0 Å². The molecule has 1 saturated carbocycles. The Kier molecular flexibility index (Phi) is 9.57. The minimum Gasteiger partial charge on any atom is -0.327 e. The molecule has 4 aromatic rings. The van der Waals surface area contributed by atoms with Gasteiger partial charge in [0.15, 0.2) is 0 Å². The Bertz CT molecular complexity index is 2500. The van der Waals surface area contributed by atoms with Crippen molar-refractivity contribution in [3.05, 3.63) is 179 Å². The first kappa shape index (κ1) is 38.2. The quantitative estimate of drug-likeness (QED) is 0.194. The van der Waals surface area contributed by atoms with E-state index < -0.39 is 0 Å². The second kappa shape index (κ2) is 15.0. The van der Waals surface area contributed by atoms with Crippen molar-refractivity contribution in [1.82, 2.24) is 0 Å². The average molecular weight is 786 g/mol. The Balaban J connectivity index is 1.21. The Labute approximate surface area is 360 Å². The molecule has 0 heterocycles. The number of allylic oxidation sites excluding steroid dienone is 11.